The molecule has 11 N–H and O–H groups in total. The molecule has 598 valence electrons. The van der Waals surface area contributed by atoms with Gasteiger partial charge in [0.2, 0.25) is 11.9 Å². The minimum atomic E-state index is -4.84. The second kappa shape index (κ2) is 33.5. The van der Waals surface area contributed by atoms with Crippen molar-refractivity contribution in [2.45, 2.75) is 166 Å². The molecule has 0 aromatic carbocycles. The van der Waals surface area contributed by atoms with E-state index in [0.29, 0.717) is 6.42 Å². The van der Waals surface area contributed by atoms with Gasteiger partial charge in [-0.2, -0.15) is 15.0 Å². The Kier molecular flexibility index (Phi) is 25.7. The Labute approximate surface area is 645 Å². The van der Waals surface area contributed by atoms with Crippen molar-refractivity contribution in [2.75, 3.05) is 50.2 Å². The van der Waals surface area contributed by atoms with Gasteiger partial charge in [0.15, 0.2) is 29.1 Å². The number of hydrogen-bond acceptors (Lipinski definition) is 39. The number of imidazole rings is 2. The molecule has 5 fully saturated rings. The maximum Gasteiger partial charge on any atom is 0.351 e. The van der Waals surface area contributed by atoms with Crippen LogP contribution in [0.3, 0.4) is 0 Å². The molecule has 5 aliphatic heterocycles. The average molecular weight is 1730 g/mol. The van der Waals surface area contributed by atoms with Crippen LogP contribution in [0.4, 0.5) is 17.7 Å². The molecule has 0 bridgehead atoms. The topological polar surface area (TPSA) is 572 Å². The van der Waals surface area contributed by atoms with Crippen molar-refractivity contribution in [1.29, 1.82) is 0 Å². The zero-order chi connectivity index (χ0) is 78.7. The number of rotatable bonds is 31. The number of nitrogen functional groups attached to an aromatic ring is 3. The van der Waals surface area contributed by atoms with Crippen LogP contribution in [0.2, 0.25) is 0 Å². The molecule has 5 unspecified atom stereocenters. The number of aryl methyl sites for hydroxylation is 2. The van der Waals surface area contributed by atoms with Crippen molar-refractivity contribution in [3.05, 3.63) is 121 Å². The van der Waals surface area contributed by atoms with Crippen LogP contribution in [0.5, 0.6) is 0 Å². The summed E-state index contributed by atoms with van der Waals surface area (Å²) in [6.45, 7) is -11.1. The summed E-state index contributed by atoms with van der Waals surface area (Å²) in [6.07, 6.45) is -12.0. The predicted octanol–water partition coefficient (Wildman–Crippen LogP) is 0.545. The van der Waals surface area contributed by atoms with Gasteiger partial charge in [-0.15, -0.1) is 0 Å². The Hall–Kier alpha value is -4.85. The van der Waals surface area contributed by atoms with Gasteiger partial charge in [0.25, 0.3) is 22.2 Å². The van der Waals surface area contributed by atoms with Crippen molar-refractivity contribution in [2.24, 2.45) is 11.8 Å². The number of aromatic amines is 4. The van der Waals surface area contributed by atoms with E-state index in [9.17, 15) is 52.8 Å². The zero-order valence-corrected chi connectivity index (χ0v) is 67.3. The third kappa shape index (κ3) is 20.1. The molecule has 0 spiro atoms. The molecule has 43 nitrogen and oxygen atoms in total. The van der Waals surface area contributed by atoms with Gasteiger partial charge in [-0.1, -0.05) is 49.3 Å². The van der Waals surface area contributed by atoms with E-state index in [4.69, 9.17) is 158 Å². The molecule has 0 aliphatic carbocycles. The first-order valence-corrected chi connectivity index (χ1v) is 47.0. The summed E-state index contributed by atoms with van der Waals surface area (Å²) in [7, 11) is 0. The largest absolute Gasteiger partial charge is 0.780 e. The number of nitrogens with one attached hydrogen (secondary N) is 4. The molecule has 109 heavy (non-hydrogen) atoms. The molecule has 0 saturated carbocycles. The van der Waals surface area contributed by atoms with Crippen molar-refractivity contribution < 1.29 is 88.2 Å². The number of nitrogens with zero attached hydrogens (tertiary/aromatic N) is 10. The zero-order valence-electron chi connectivity index (χ0n) is 57.9. The molecule has 7 aromatic heterocycles. The van der Waals surface area contributed by atoms with Crippen LogP contribution in [-0.4, -0.2) is 167 Å². The molecule has 5 aliphatic rings. The Morgan fingerprint density at radius 3 is 1.41 bits per heavy atom. The lowest BCUT2D eigenvalue weighted by molar-refractivity contribution is -0.216. The highest BCUT2D eigenvalue weighted by Crippen LogP contribution is 2.56. The molecule has 54 heteroatoms. The molecular formula is C55H72N17O26P5S6-4. The van der Waals surface area contributed by atoms with E-state index in [1.165, 1.54) is 64.9 Å². The first kappa shape index (κ1) is 83.6. The number of fused-ring (bicyclic) bond motifs is 2. The fourth-order valence-corrected chi connectivity index (χ4v) is 20.8. The second-order valence-corrected chi connectivity index (χ2v) is 42.1. The maximum atomic E-state index is 14.7. The van der Waals surface area contributed by atoms with E-state index >= 15 is 0 Å². The fraction of sp³-hybridized carbons (Fsp3) is 0.600. The lowest BCUT2D eigenvalue weighted by Gasteiger charge is -2.36. The van der Waals surface area contributed by atoms with Crippen LogP contribution in [0, 0.1) is 25.7 Å². The molecule has 7 aromatic rings. The molecule has 20 atom stereocenters. The Balaban J connectivity index is 0.758. The molecule has 12 rings (SSSR count). The number of aromatic nitrogens is 14. The summed E-state index contributed by atoms with van der Waals surface area (Å²) in [5.74, 6) is -0.808. The van der Waals surface area contributed by atoms with Gasteiger partial charge >= 0.3 is 23.8 Å². The van der Waals surface area contributed by atoms with E-state index in [1.807, 2.05) is 13.8 Å². The van der Waals surface area contributed by atoms with Crippen LogP contribution in [-0.2, 0) is 145 Å². The van der Waals surface area contributed by atoms with Crippen molar-refractivity contribution in [3.63, 3.8) is 0 Å². The summed E-state index contributed by atoms with van der Waals surface area (Å²) < 4.78 is 111. The summed E-state index contributed by atoms with van der Waals surface area (Å²) in [4.78, 5) is 159. The first-order valence-electron chi connectivity index (χ1n) is 33.1. The minimum Gasteiger partial charge on any atom is -0.780 e. The standard InChI is InChI=1S/C55H76N17O26P5S6/c1-23(2)27-9-38(68-8-7-37(56)61-53(68)77)89-32(27)16-84-100(81,105)95-28-10-39(69-14-25(5)47(73)66-54(69)78)90-33(28)18-86-101(82,106)97-30-12-42(72-22-60-44-46(72)63-52(58)65-50(44)76)93-36(30)20-88-103(108,109)98-31-13-40(70-15-26(6)48(74)67-55(70)79)91-35(31)19-87-102(83,107)96-29-11-41(92-34(29)17-85-99(80,104)94-24(3)4)71-21-59-43-45(71)62-51(57)64-49(43)75/h7-8,14-15,21-24,27-36,38-42H,9-13,16-20H2,1-6H3,(H,80,104)(H,81,105)(H,82,106)(H,83,107)(H,108,109)(H2,56,61,77)(H,66,73,78)(H,67,74,79)(H3,57,62,64,75)(H3,58,63,65,76)/p-4/t27-,28+,29+,30+,31+,32+,33+,34+,35+,36+,38+,39+,40+,41+,42+,99?,100?,101?,102?/m0/s1. The molecule has 0 amide bonds. The highest BCUT2D eigenvalue weighted by Gasteiger charge is 2.47. The summed E-state index contributed by atoms with van der Waals surface area (Å²) in [5.41, 5.74) is 8.15. The highest BCUT2D eigenvalue weighted by atomic mass is 32.9. The average Bonchev–Trinajstić information content (AvgIpc) is 1.63. The van der Waals surface area contributed by atoms with E-state index in [2.05, 4.69) is 44.9 Å². The SMILES string of the molecule is Cc1cn([C@H]2C[C@@H](OP([O-])(=S)OC[C@H]3O[C@@H](n4ccc(N)nc4=O)C[C@H]3C(C)C)[C@@H](COP(=O)([S-])O[C@@H]3C[C@H](n4cnc5c(=O)[nH]c(N)nc54)O[C@@H]3COP(=S)([S-])O[C@@H]3C[C@H](n4cc(C)c(=O)[nH]c4=O)O[C@@H]3COP([O-])(=S)O[C@@H]3C[C@H](n4cnc5c(=O)[nH]c(N)nc54)O[C@@H]3COP(O)(=S)OC(C)C)O2)c(=O)[nH]c1=O. The van der Waals surface area contributed by atoms with Gasteiger partial charge in [0.1, 0.15) is 74.8 Å². The Morgan fingerprint density at radius 1 is 0.550 bits per heavy atom. The van der Waals surface area contributed by atoms with Gasteiger partial charge < -0.3 is 125 Å². The van der Waals surface area contributed by atoms with Crippen LogP contribution < -0.4 is 66.3 Å². The van der Waals surface area contributed by atoms with Crippen LogP contribution in [0.25, 0.3) is 22.3 Å². The number of hydrogen-bond donors (Lipinski definition) is 8. The van der Waals surface area contributed by atoms with Crippen molar-refractivity contribution in [3.8, 4) is 0 Å². The van der Waals surface area contributed by atoms with E-state index < -0.39 is 191 Å². The Bertz CT molecular complexity index is 5280. The van der Waals surface area contributed by atoms with Crippen molar-refractivity contribution in [1.82, 2.24) is 67.7 Å². The maximum absolute atomic E-state index is 14.7. The van der Waals surface area contributed by atoms with Crippen LogP contribution >= 0.6 is 32.6 Å². The lowest BCUT2D eigenvalue weighted by atomic mass is 9.89. The second-order valence-electron chi connectivity index (χ2n) is 26.2. The quantitative estimate of drug-likeness (QED) is 0.0217. The number of nitrogens with two attached hydrogens (primary N) is 3. The third-order valence-electron chi connectivity index (χ3n) is 17.8. The minimum absolute atomic E-state index is 0.00834. The molecule has 5 saturated heterocycles. The van der Waals surface area contributed by atoms with Crippen LogP contribution in [0.15, 0.2) is 70.9 Å². The summed E-state index contributed by atoms with van der Waals surface area (Å²) >= 11 is 33.3. The van der Waals surface area contributed by atoms with E-state index in [0.717, 1.165) is 9.13 Å². The lowest BCUT2D eigenvalue weighted by Crippen LogP contribution is -2.34. The predicted molar refractivity (Wildman–Crippen MR) is 398 cm³/mol. The number of ether oxygens (including phenoxy) is 5. The Morgan fingerprint density at radius 2 is 0.954 bits per heavy atom. The molecule has 12 heterocycles. The highest BCUT2D eigenvalue weighted by molar-refractivity contribution is 8.51. The number of anilines is 3. The van der Waals surface area contributed by atoms with E-state index in [-0.39, 0.29) is 95.3 Å². The smallest absolute Gasteiger partial charge is 0.351 e. The van der Waals surface area contributed by atoms with Crippen LogP contribution in [0.1, 0.15) is 102 Å². The normalized spacial score (nSPS) is 28.8. The van der Waals surface area contributed by atoms with Gasteiger partial charge in [0, 0.05) is 55.4 Å². The van der Waals surface area contributed by atoms with E-state index in [1.54, 1.807) is 13.8 Å². The van der Waals surface area contributed by atoms with Crippen molar-refractivity contribution >= 4 is 144 Å². The van der Waals surface area contributed by atoms with Gasteiger partial charge in [-0.05, 0) is 63.8 Å². The third-order valence-corrected chi connectivity index (χ3v) is 26.4. The number of H-pyrrole nitrogens is 4. The fourth-order valence-electron chi connectivity index (χ4n) is 12.8. The van der Waals surface area contributed by atoms with Gasteiger partial charge in [-0.3, -0.25) is 66.5 Å². The summed E-state index contributed by atoms with van der Waals surface area (Å²) in [6, 6.07) is 1.44. The molecular weight excluding hydrogens is 1660 g/mol. The molecule has 0 radical (unpaired) electrons. The van der Waals surface area contributed by atoms with Gasteiger partial charge in [0.05, 0.1) is 88.0 Å². The summed E-state index contributed by atoms with van der Waals surface area (Å²) in [5, 5.41) is 0. The monoisotopic (exact) mass is 1730 g/mol. The first-order chi connectivity index (χ1) is 51.2. The van der Waals surface area contributed by atoms with Gasteiger partial charge in [-0.25, -0.2) is 24.4 Å².